The summed E-state index contributed by atoms with van der Waals surface area (Å²) >= 11 is 1.47. The average Bonchev–Trinajstić information content (AvgIpc) is 3.18. The highest BCUT2D eigenvalue weighted by Gasteiger charge is 2.19. The van der Waals surface area contributed by atoms with Crippen molar-refractivity contribution in [2.75, 3.05) is 37.6 Å². The second kappa shape index (κ2) is 8.07. The molecule has 1 aliphatic rings. The Morgan fingerprint density at radius 2 is 2.07 bits per heavy atom. The summed E-state index contributed by atoms with van der Waals surface area (Å²) in [7, 11) is 0. The van der Waals surface area contributed by atoms with E-state index in [1.807, 2.05) is 24.4 Å². The minimum absolute atomic E-state index is 0.0328. The zero-order valence-corrected chi connectivity index (χ0v) is 16.5. The van der Waals surface area contributed by atoms with Crippen molar-refractivity contribution in [3.63, 3.8) is 0 Å². The van der Waals surface area contributed by atoms with Crippen LogP contribution in [0.3, 0.4) is 0 Å². The van der Waals surface area contributed by atoms with Crippen LogP contribution in [0.25, 0.3) is 4.96 Å². The highest BCUT2D eigenvalue weighted by Crippen LogP contribution is 2.18. The maximum absolute atomic E-state index is 12.1. The van der Waals surface area contributed by atoms with Gasteiger partial charge in [-0.3, -0.25) is 23.9 Å². The van der Waals surface area contributed by atoms with Gasteiger partial charge in [0, 0.05) is 68.8 Å². The molecule has 0 aromatic carbocycles. The molecule has 146 valence electrons. The molecule has 4 heterocycles. The second-order valence-electron chi connectivity index (χ2n) is 6.66. The third-order valence-electron chi connectivity index (χ3n) is 4.79. The minimum Gasteiger partial charge on any atom is -0.369 e. The summed E-state index contributed by atoms with van der Waals surface area (Å²) in [4.78, 5) is 38.2. The standard InChI is InChI=1S/C19H22N6O2S/c1-2-20-18(27)16-12-15(3-4-21-16)24-7-5-23(6-8-24)13-14-11-17(26)25-9-10-28-19(25)22-14/h3-4,9-12H,2,5-8,13H2,1H3,(H,20,27). The molecule has 1 amide bonds. The predicted octanol–water partition coefficient (Wildman–Crippen LogP) is 1.22. The van der Waals surface area contributed by atoms with Crippen molar-refractivity contribution in [1.29, 1.82) is 0 Å². The first-order valence-electron chi connectivity index (χ1n) is 9.31. The highest BCUT2D eigenvalue weighted by atomic mass is 32.1. The largest absolute Gasteiger partial charge is 0.369 e. The normalized spacial score (nSPS) is 15.1. The second-order valence-corrected chi connectivity index (χ2v) is 7.54. The molecule has 9 heteroatoms. The van der Waals surface area contributed by atoms with Gasteiger partial charge >= 0.3 is 0 Å². The van der Waals surface area contributed by atoms with Gasteiger partial charge in [0.15, 0.2) is 4.96 Å². The third-order valence-corrected chi connectivity index (χ3v) is 5.55. The number of rotatable bonds is 5. The van der Waals surface area contributed by atoms with Crippen molar-refractivity contribution in [3.8, 4) is 0 Å². The zero-order valence-electron chi connectivity index (χ0n) is 15.7. The summed E-state index contributed by atoms with van der Waals surface area (Å²) in [5, 5.41) is 4.65. The lowest BCUT2D eigenvalue weighted by atomic mass is 10.2. The molecule has 0 saturated carbocycles. The Kier molecular flexibility index (Phi) is 5.36. The molecule has 3 aromatic heterocycles. The minimum atomic E-state index is -0.149. The molecule has 0 spiro atoms. The molecule has 1 N–H and O–H groups in total. The van der Waals surface area contributed by atoms with E-state index in [2.05, 4.69) is 25.1 Å². The Hall–Kier alpha value is -2.78. The van der Waals surface area contributed by atoms with Gasteiger partial charge in [0.05, 0.1) is 5.69 Å². The first-order chi connectivity index (χ1) is 13.6. The molecule has 0 bridgehead atoms. The lowest BCUT2D eigenvalue weighted by Crippen LogP contribution is -2.46. The molecule has 0 aliphatic carbocycles. The first-order valence-corrected chi connectivity index (χ1v) is 10.2. The van der Waals surface area contributed by atoms with Gasteiger partial charge < -0.3 is 10.2 Å². The SMILES string of the molecule is CCNC(=O)c1cc(N2CCN(Cc3cc(=O)n4ccsc4n3)CC2)ccn1. The number of anilines is 1. The fraction of sp³-hybridized carbons (Fsp3) is 0.368. The molecule has 0 unspecified atom stereocenters. The number of amides is 1. The number of hydrogen-bond donors (Lipinski definition) is 1. The van der Waals surface area contributed by atoms with Crippen LogP contribution in [0.4, 0.5) is 5.69 Å². The number of carbonyl (C=O) groups is 1. The van der Waals surface area contributed by atoms with Gasteiger partial charge in [-0.05, 0) is 19.1 Å². The molecule has 4 rings (SSSR count). The van der Waals surface area contributed by atoms with Crippen LogP contribution in [0.15, 0.2) is 40.8 Å². The van der Waals surface area contributed by atoms with E-state index in [4.69, 9.17) is 0 Å². The molecule has 1 fully saturated rings. The van der Waals surface area contributed by atoms with Crippen LogP contribution in [0.5, 0.6) is 0 Å². The lowest BCUT2D eigenvalue weighted by Gasteiger charge is -2.36. The van der Waals surface area contributed by atoms with E-state index in [0.29, 0.717) is 18.8 Å². The summed E-state index contributed by atoms with van der Waals surface area (Å²) in [6, 6.07) is 5.40. The summed E-state index contributed by atoms with van der Waals surface area (Å²) < 4.78 is 1.57. The van der Waals surface area contributed by atoms with Crippen LogP contribution >= 0.6 is 11.3 Å². The average molecular weight is 398 g/mol. The molecule has 0 atom stereocenters. The van der Waals surface area contributed by atoms with Gasteiger partial charge in [-0.25, -0.2) is 4.98 Å². The molecule has 3 aromatic rings. The Morgan fingerprint density at radius 1 is 1.25 bits per heavy atom. The quantitative estimate of drug-likeness (QED) is 0.696. The van der Waals surface area contributed by atoms with Crippen molar-refractivity contribution >= 4 is 27.9 Å². The van der Waals surface area contributed by atoms with E-state index in [1.165, 1.54) is 11.3 Å². The molecule has 0 radical (unpaired) electrons. The number of aromatic nitrogens is 3. The van der Waals surface area contributed by atoms with Crippen LogP contribution in [-0.2, 0) is 6.54 Å². The van der Waals surface area contributed by atoms with Crippen molar-refractivity contribution in [2.45, 2.75) is 13.5 Å². The van der Waals surface area contributed by atoms with Gasteiger partial charge in [-0.15, -0.1) is 11.3 Å². The monoisotopic (exact) mass is 398 g/mol. The summed E-state index contributed by atoms with van der Waals surface area (Å²) in [5.41, 5.74) is 2.22. The number of piperazine rings is 1. The number of pyridine rings is 1. The maximum atomic E-state index is 12.1. The first kappa shape index (κ1) is 18.6. The van der Waals surface area contributed by atoms with Gasteiger partial charge in [-0.2, -0.15) is 0 Å². The third kappa shape index (κ3) is 3.90. The van der Waals surface area contributed by atoms with Crippen molar-refractivity contribution in [2.24, 2.45) is 0 Å². The van der Waals surface area contributed by atoms with Gasteiger partial charge in [0.2, 0.25) is 0 Å². The van der Waals surface area contributed by atoms with E-state index >= 15 is 0 Å². The Bertz CT molecular complexity index is 1040. The van der Waals surface area contributed by atoms with Crippen molar-refractivity contribution in [3.05, 3.63) is 57.7 Å². The number of fused-ring (bicyclic) bond motifs is 1. The van der Waals surface area contributed by atoms with Gasteiger partial charge in [0.25, 0.3) is 11.5 Å². The Balaban J connectivity index is 1.40. The zero-order chi connectivity index (χ0) is 19.5. The van der Waals surface area contributed by atoms with E-state index in [9.17, 15) is 9.59 Å². The molecular weight excluding hydrogens is 376 g/mol. The van der Waals surface area contributed by atoms with Crippen LogP contribution in [0, 0.1) is 0 Å². The molecular formula is C19H22N6O2S. The Morgan fingerprint density at radius 3 is 2.86 bits per heavy atom. The van der Waals surface area contributed by atoms with Gasteiger partial charge in [0.1, 0.15) is 5.69 Å². The summed E-state index contributed by atoms with van der Waals surface area (Å²) in [6.45, 7) is 6.56. The van der Waals surface area contributed by atoms with E-state index in [0.717, 1.165) is 42.5 Å². The van der Waals surface area contributed by atoms with E-state index in [1.54, 1.807) is 22.9 Å². The topological polar surface area (TPSA) is 82.8 Å². The van der Waals surface area contributed by atoms with Crippen LogP contribution in [0.1, 0.15) is 23.1 Å². The molecule has 8 nitrogen and oxygen atoms in total. The number of thiazole rings is 1. The lowest BCUT2D eigenvalue weighted by molar-refractivity contribution is 0.0951. The Labute approximate surface area is 166 Å². The maximum Gasteiger partial charge on any atom is 0.269 e. The van der Waals surface area contributed by atoms with E-state index in [-0.39, 0.29) is 11.5 Å². The fourth-order valence-corrected chi connectivity index (χ4v) is 4.09. The van der Waals surface area contributed by atoms with Crippen LogP contribution in [-0.4, -0.2) is 57.9 Å². The van der Waals surface area contributed by atoms with Gasteiger partial charge in [-0.1, -0.05) is 0 Å². The van der Waals surface area contributed by atoms with Crippen LogP contribution < -0.4 is 15.8 Å². The molecule has 1 saturated heterocycles. The number of nitrogens with zero attached hydrogens (tertiary/aromatic N) is 5. The van der Waals surface area contributed by atoms with Crippen LogP contribution in [0.2, 0.25) is 0 Å². The number of carbonyl (C=O) groups excluding carboxylic acids is 1. The smallest absolute Gasteiger partial charge is 0.269 e. The highest BCUT2D eigenvalue weighted by molar-refractivity contribution is 7.15. The number of nitrogens with one attached hydrogen (secondary N) is 1. The molecule has 1 aliphatic heterocycles. The number of hydrogen-bond acceptors (Lipinski definition) is 7. The van der Waals surface area contributed by atoms with E-state index < -0.39 is 0 Å². The predicted molar refractivity (Wildman–Crippen MR) is 109 cm³/mol. The summed E-state index contributed by atoms with van der Waals surface area (Å²) in [5.74, 6) is -0.149. The van der Waals surface area contributed by atoms with Crippen molar-refractivity contribution in [1.82, 2.24) is 24.6 Å². The fourth-order valence-electron chi connectivity index (χ4n) is 3.35. The summed E-state index contributed by atoms with van der Waals surface area (Å²) in [6.07, 6.45) is 3.43. The van der Waals surface area contributed by atoms with Crippen molar-refractivity contribution < 1.29 is 4.79 Å². The molecule has 28 heavy (non-hydrogen) atoms.